The van der Waals surface area contributed by atoms with Gasteiger partial charge in [0.1, 0.15) is 5.76 Å². The van der Waals surface area contributed by atoms with Crippen molar-refractivity contribution in [3.8, 4) is 0 Å². The van der Waals surface area contributed by atoms with Gasteiger partial charge in [0.2, 0.25) is 5.91 Å². The molecule has 1 heterocycles. The highest BCUT2D eigenvalue weighted by atomic mass is 16.5. The van der Waals surface area contributed by atoms with E-state index in [1.165, 1.54) is 5.56 Å². The average Bonchev–Trinajstić information content (AvgIpc) is 2.75. The van der Waals surface area contributed by atoms with Gasteiger partial charge in [-0.2, -0.15) is 0 Å². The molecule has 1 atom stereocenters. The summed E-state index contributed by atoms with van der Waals surface area (Å²) in [4.78, 5) is 11.9. The molecule has 0 aliphatic heterocycles. The molecule has 0 saturated carbocycles. The molecule has 1 aliphatic carbocycles. The topological polar surface area (TPSA) is 55.1 Å². The zero-order valence-electron chi connectivity index (χ0n) is 11.7. The number of nitrogens with zero attached hydrogens (tertiary/aromatic N) is 1. The Balaban J connectivity index is 1.69. The SMILES string of the molecule is Cc1noc(C)c1CCCNC(=O)[C@H]1CC=CCC1. The van der Waals surface area contributed by atoms with Gasteiger partial charge in [-0.25, -0.2) is 0 Å². The van der Waals surface area contributed by atoms with E-state index in [0.717, 1.165) is 50.1 Å². The van der Waals surface area contributed by atoms with Crippen LogP contribution in [0.3, 0.4) is 0 Å². The molecule has 2 rings (SSSR count). The molecule has 1 aliphatic rings. The van der Waals surface area contributed by atoms with Crippen LogP contribution in [0.4, 0.5) is 0 Å². The van der Waals surface area contributed by atoms with Gasteiger partial charge < -0.3 is 9.84 Å². The van der Waals surface area contributed by atoms with E-state index >= 15 is 0 Å². The summed E-state index contributed by atoms with van der Waals surface area (Å²) in [6.07, 6.45) is 8.99. The zero-order chi connectivity index (χ0) is 13.7. The normalized spacial score (nSPS) is 18.5. The molecule has 0 fully saturated rings. The highest BCUT2D eigenvalue weighted by Crippen LogP contribution is 2.18. The number of aryl methyl sites for hydroxylation is 2. The highest BCUT2D eigenvalue weighted by Gasteiger charge is 2.18. The summed E-state index contributed by atoms with van der Waals surface area (Å²) in [5, 5.41) is 6.96. The third-order valence-corrected chi connectivity index (χ3v) is 3.72. The zero-order valence-corrected chi connectivity index (χ0v) is 11.7. The molecule has 1 aromatic rings. The molecule has 19 heavy (non-hydrogen) atoms. The van der Waals surface area contributed by atoms with E-state index in [-0.39, 0.29) is 11.8 Å². The minimum absolute atomic E-state index is 0.170. The van der Waals surface area contributed by atoms with Gasteiger partial charge in [0, 0.05) is 18.0 Å². The van der Waals surface area contributed by atoms with Crippen LogP contribution in [0.1, 0.15) is 42.7 Å². The van der Waals surface area contributed by atoms with Crippen molar-refractivity contribution < 1.29 is 9.32 Å². The van der Waals surface area contributed by atoms with E-state index in [1.807, 2.05) is 13.8 Å². The van der Waals surface area contributed by atoms with Crippen LogP contribution in [0.15, 0.2) is 16.7 Å². The second-order valence-electron chi connectivity index (χ2n) is 5.18. The first kappa shape index (κ1) is 13.8. The number of carbonyl (C=O) groups is 1. The van der Waals surface area contributed by atoms with Crippen molar-refractivity contribution in [3.63, 3.8) is 0 Å². The van der Waals surface area contributed by atoms with Crippen molar-refractivity contribution in [1.82, 2.24) is 10.5 Å². The van der Waals surface area contributed by atoms with Crippen molar-refractivity contribution in [2.75, 3.05) is 6.54 Å². The second-order valence-corrected chi connectivity index (χ2v) is 5.18. The van der Waals surface area contributed by atoms with Crippen LogP contribution in [0, 0.1) is 19.8 Å². The molecule has 0 unspecified atom stereocenters. The first-order valence-corrected chi connectivity index (χ1v) is 7.03. The largest absolute Gasteiger partial charge is 0.361 e. The van der Waals surface area contributed by atoms with Gasteiger partial charge in [-0.1, -0.05) is 17.3 Å². The van der Waals surface area contributed by atoms with Crippen LogP contribution in [-0.4, -0.2) is 17.6 Å². The van der Waals surface area contributed by atoms with E-state index < -0.39 is 0 Å². The summed E-state index contributed by atoms with van der Waals surface area (Å²) < 4.78 is 5.12. The van der Waals surface area contributed by atoms with Crippen molar-refractivity contribution >= 4 is 5.91 Å². The minimum Gasteiger partial charge on any atom is -0.361 e. The first-order chi connectivity index (χ1) is 9.18. The molecule has 0 saturated heterocycles. The molecule has 1 amide bonds. The first-order valence-electron chi connectivity index (χ1n) is 7.03. The lowest BCUT2D eigenvalue weighted by Crippen LogP contribution is -2.32. The number of rotatable bonds is 5. The van der Waals surface area contributed by atoms with Gasteiger partial charge in [-0.05, 0) is 46.0 Å². The molecule has 0 radical (unpaired) electrons. The van der Waals surface area contributed by atoms with Crippen molar-refractivity contribution in [3.05, 3.63) is 29.2 Å². The van der Waals surface area contributed by atoms with E-state index in [2.05, 4.69) is 22.6 Å². The Kier molecular flexibility index (Phi) is 4.77. The van der Waals surface area contributed by atoms with Gasteiger partial charge in [-0.15, -0.1) is 0 Å². The lowest BCUT2D eigenvalue weighted by molar-refractivity contribution is -0.125. The van der Waals surface area contributed by atoms with Crippen molar-refractivity contribution in [2.45, 2.75) is 46.0 Å². The van der Waals surface area contributed by atoms with Crippen LogP contribution in [0.5, 0.6) is 0 Å². The minimum atomic E-state index is 0.170. The van der Waals surface area contributed by atoms with E-state index in [9.17, 15) is 4.79 Å². The molecule has 0 aromatic carbocycles. The van der Waals surface area contributed by atoms with Gasteiger partial charge in [0.15, 0.2) is 0 Å². The molecule has 104 valence electrons. The number of carbonyl (C=O) groups excluding carboxylic acids is 1. The van der Waals surface area contributed by atoms with Crippen molar-refractivity contribution in [2.24, 2.45) is 5.92 Å². The number of hydrogen-bond donors (Lipinski definition) is 1. The molecule has 4 nitrogen and oxygen atoms in total. The summed E-state index contributed by atoms with van der Waals surface area (Å²) in [5.41, 5.74) is 2.14. The predicted molar refractivity (Wildman–Crippen MR) is 73.8 cm³/mol. The summed E-state index contributed by atoms with van der Waals surface area (Å²) in [5.74, 6) is 1.26. The van der Waals surface area contributed by atoms with Crippen LogP contribution < -0.4 is 5.32 Å². The fraction of sp³-hybridized carbons (Fsp3) is 0.600. The number of aromatic nitrogens is 1. The Bertz CT molecular complexity index is 443. The molecular weight excluding hydrogens is 240 g/mol. The van der Waals surface area contributed by atoms with Gasteiger partial charge in [-0.3, -0.25) is 4.79 Å². The molecule has 0 bridgehead atoms. The third-order valence-electron chi connectivity index (χ3n) is 3.72. The number of amides is 1. The third kappa shape index (κ3) is 3.69. The fourth-order valence-corrected chi connectivity index (χ4v) is 2.51. The average molecular weight is 262 g/mol. The molecule has 1 aromatic heterocycles. The summed E-state index contributed by atoms with van der Waals surface area (Å²) in [7, 11) is 0. The second kappa shape index (κ2) is 6.55. The smallest absolute Gasteiger partial charge is 0.223 e. The van der Waals surface area contributed by atoms with Crippen molar-refractivity contribution in [1.29, 1.82) is 0 Å². The quantitative estimate of drug-likeness (QED) is 0.655. The molecule has 1 N–H and O–H groups in total. The van der Waals surface area contributed by atoms with Gasteiger partial charge in [0.25, 0.3) is 0 Å². The number of nitrogens with one attached hydrogen (secondary N) is 1. The maximum absolute atomic E-state index is 11.9. The van der Waals surface area contributed by atoms with Crippen LogP contribution in [-0.2, 0) is 11.2 Å². The molecule has 0 spiro atoms. The number of allylic oxidation sites excluding steroid dienone is 2. The summed E-state index contributed by atoms with van der Waals surface area (Å²) in [6, 6.07) is 0. The summed E-state index contributed by atoms with van der Waals surface area (Å²) >= 11 is 0. The Morgan fingerprint density at radius 3 is 2.95 bits per heavy atom. The fourth-order valence-electron chi connectivity index (χ4n) is 2.51. The van der Waals surface area contributed by atoms with E-state index in [1.54, 1.807) is 0 Å². The Labute approximate surface area is 114 Å². The molecular formula is C15H22N2O2. The maximum Gasteiger partial charge on any atom is 0.223 e. The Morgan fingerprint density at radius 1 is 1.47 bits per heavy atom. The lowest BCUT2D eigenvalue weighted by atomic mass is 9.93. The van der Waals surface area contributed by atoms with Crippen LogP contribution in [0.2, 0.25) is 0 Å². The Morgan fingerprint density at radius 2 is 2.32 bits per heavy atom. The lowest BCUT2D eigenvalue weighted by Gasteiger charge is -2.17. The maximum atomic E-state index is 11.9. The van der Waals surface area contributed by atoms with Crippen LogP contribution >= 0.6 is 0 Å². The number of hydrogen-bond acceptors (Lipinski definition) is 3. The van der Waals surface area contributed by atoms with E-state index in [0.29, 0.717) is 0 Å². The highest BCUT2D eigenvalue weighted by molar-refractivity contribution is 5.78. The van der Waals surface area contributed by atoms with Crippen LogP contribution in [0.25, 0.3) is 0 Å². The predicted octanol–water partition coefficient (Wildman–Crippen LogP) is 2.70. The Hall–Kier alpha value is -1.58. The van der Waals surface area contributed by atoms with E-state index in [4.69, 9.17) is 4.52 Å². The van der Waals surface area contributed by atoms with Gasteiger partial charge >= 0.3 is 0 Å². The molecule has 4 heteroatoms. The monoisotopic (exact) mass is 262 g/mol. The summed E-state index contributed by atoms with van der Waals surface area (Å²) in [6.45, 7) is 4.62. The van der Waals surface area contributed by atoms with Gasteiger partial charge in [0.05, 0.1) is 5.69 Å². The standard InChI is InChI=1S/C15H22N2O2/c1-11-14(12(2)19-17-11)9-6-10-16-15(18)13-7-4-3-5-8-13/h3-4,13H,5-10H2,1-2H3,(H,16,18)/t13-/m0/s1.